The maximum Gasteiger partial charge on any atom is 0.287 e. The molecule has 0 saturated heterocycles. The van der Waals surface area contributed by atoms with E-state index in [1.807, 2.05) is 25.1 Å². The first kappa shape index (κ1) is 17.3. The number of amides is 1. The minimum atomic E-state index is -0.211. The smallest absolute Gasteiger partial charge is 0.287 e. The highest BCUT2D eigenvalue weighted by molar-refractivity contribution is 5.99. The Morgan fingerprint density at radius 2 is 2.17 bits per heavy atom. The fraction of sp³-hybridized carbons (Fsp3) is 0.500. The Morgan fingerprint density at radius 1 is 1.39 bits per heavy atom. The molecule has 5 heteroatoms. The molecule has 2 aromatic rings. The van der Waals surface area contributed by atoms with Gasteiger partial charge in [0.25, 0.3) is 5.91 Å². The molecule has 1 amide bonds. The van der Waals surface area contributed by atoms with Gasteiger partial charge < -0.3 is 19.6 Å². The molecular formula is C18H25NO4. The molecule has 2 rings (SSSR count). The Bertz CT molecular complexity index is 656. The lowest BCUT2D eigenvalue weighted by atomic mass is 10.0. The molecule has 0 radical (unpaired) electrons. The van der Waals surface area contributed by atoms with Gasteiger partial charge in [0.1, 0.15) is 11.3 Å². The van der Waals surface area contributed by atoms with E-state index in [1.165, 1.54) is 0 Å². The lowest BCUT2D eigenvalue weighted by Crippen LogP contribution is -2.29. The van der Waals surface area contributed by atoms with Gasteiger partial charge >= 0.3 is 0 Å². The summed E-state index contributed by atoms with van der Waals surface area (Å²) in [5.74, 6) is 1.15. The highest BCUT2D eigenvalue weighted by atomic mass is 16.5. The van der Waals surface area contributed by atoms with Gasteiger partial charge in [0, 0.05) is 24.1 Å². The summed E-state index contributed by atoms with van der Waals surface area (Å²) in [6.07, 6.45) is 2.71. The molecule has 1 atom stereocenters. The van der Waals surface area contributed by atoms with E-state index < -0.39 is 0 Å². The molecule has 0 aliphatic heterocycles. The van der Waals surface area contributed by atoms with Crippen molar-refractivity contribution in [1.82, 2.24) is 5.32 Å². The van der Waals surface area contributed by atoms with Gasteiger partial charge in [0.2, 0.25) is 0 Å². The number of hydrogen-bond donors (Lipinski definition) is 2. The van der Waals surface area contributed by atoms with E-state index in [-0.39, 0.29) is 12.5 Å². The number of nitrogens with one attached hydrogen (secondary N) is 1. The summed E-state index contributed by atoms with van der Waals surface area (Å²) in [5.41, 5.74) is 1.49. The summed E-state index contributed by atoms with van der Waals surface area (Å²) >= 11 is 0. The molecule has 0 spiro atoms. The molecule has 1 unspecified atom stereocenters. The monoisotopic (exact) mass is 319 g/mol. The third-order valence-corrected chi connectivity index (χ3v) is 4.14. The highest BCUT2D eigenvalue weighted by Gasteiger charge is 2.19. The van der Waals surface area contributed by atoms with Crippen molar-refractivity contribution in [2.75, 3.05) is 20.3 Å². The van der Waals surface area contributed by atoms with E-state index >= 15 is 0 Å². The molecule has 1 heterocycles. The lowest BCUT2D eigenvalue weighted by Gasteiger charge is -2.15. The standard InChI is InChI=1S/C18H25NO4/c1-4-5-13(8-9-20)11-19-18(21)17-12(2)15-10-14(22-3)6-7-16(15)23-17/h6-7,10,13,20H,4-5,8-9,11H2,1-3H3,(H,19,21). The predicted molar refractivity (Wildman–Crippen MR) is 89.9 cm³/mol. The topological polar surface area (TPSA) is 71.7 Å². The fourth-order valence-electron chi connectivity index (χ4n) is 2.80. The first-order chi connectivity index (χ1) is 11.1. The number of benzene rings is 1. The number of ether oxygens (including phenoxy) is 1. The van der Waals surface area contributed by atoms with Crippen molar-refractivity contribution < 1.29 is 19.1 Å². The van der Waals surface area contributed by atoms with Gasteiger partial charge in [-0.3, -0.25) is 4.79 Å². The molecule has 0 aliphatic rings. The minimum Gasteiger partial charge on any atom is -0.497 e. The van der Waals surface area contributed by atoms with E-state index in [4.69, 9.17) is 14.3 Å². The molecular weight excluding hydrogens is 294 g/mol. The SMILES string of the molecule is CCCC(CCO)CNC(=O)c1oc2ccc(OC)cc2c1C. The first-order valence-electron chi connectivity index (χ1n) is 8.06. The van der Waals surface area contributed by atoms with Crippen molar-refractivity contribution in [3.05, 3.63) is 29.5 Å². The van der Waals surface area contributed by atoms with E-state index in [1.54, 1.807) is 7.11 Å². The van der Waals surface area contributed by atoms with Crippen molar-refractivity contribution in [3.8, 4) is 5.75 Å². The second-order valence-corrected chi connectivity index (χ2v) is 5.80. The van der Waals surface area contributed by atoms with E-state index in [2.05, 4.69) is 12.2 Å². The predicted octanol–water partition coefficient (Wildman–Crippen LogP) is 3.28. The third-order valence-electron chi connectivity index (χ3n) is 4.14. The first-order valence-corrected chi connectivity index (χ1v) is 8.06. The number of methoxy groups -OCH3 is 1. The van der Waals surface area contributed by atoms with Crippen LogP contribution in [0.5, 0.6) is 5.75 Å². The molecule has 23 heavy (non-hydrogen) atoms. The average Bonchev–Trinajstić information content (AvgIpc) is 2.89. The van der Waals surface area contributed by atoms with Crippen LogP contribution in [0.25, 0.3) is 11.0 Å². The van der Waals surface area contributed by atoms with E-state index in [0.29, 0.717) is 30.2 Å². The molecule has 2 N–H and O–H groups in total. The van der Waals surface area contributed by atoms with Gasteiger partial charge in [0.15, 0.2) is 5.76 Å². The summed E-state index contributed by atoms with van der Waals surface area (Å²) in [6.45, 7) is 4.66. The third kappa shape index (κ3) is 4.05. The van der Waals surface area contributed by atoms with Crippen molar-refractivity contribution in [1.29, 1.82) is 0 Å². The van der Waals surface area contributed by atoms with Crippen LogP contribution in [0, 0.1) is 12.8 Å². The number of aryl methyl sites for hydroxylation is 1. The molecule has 1 aromatic heterocycles. The largest absolute Gasteiger partial charge is 0.497 e. The lowest BCUT2D eigenvalue weighted by molar-refractivity contribution is 0.0916. The molecule has 1 aromatic carbocycles. The number of furan rings is 1. The van der Waals surface area contributed by atoms with Gasteiger partial charge in [-0.2, -0.15) is 0 Å². The van der Waals surface area contributed by atoms with Crippen molar-refractivity contribution in [3.63, 3.8) is 0 Å². The Kier molecular flexibility index (Phi) is 6.04. The summed E-state index contributed by atoms with van der Waals surface area (Å²) in [7, 11) is 1.61. The van der Waals surface area contributed by atoms with Crippen molar-refractivity contribution in [2.24, 2.45) is 5.92 Å². The number of carbonyl (C=O) groups is 1. The molecule has 5 nitrogen and oxygen atoms in total. The molecule has 0 aliphatic carbocycles. The summed E-state index contributed by atoms with van der Waals surface area (Å²) in [6, 6.07) is 5.49. The van der Waals surface area contributed by atoms with Gasteiger partial charge in [-0.1, -0.05) is 13.3 Å². The molecule has 0 fully saturated rings. The Balaban J connectivity index is 2.13. The zero-order valence-corrected chi connectivity index (χ0v) is 14.0. The fourth-order valence-corrected chi connectivity index (χ4v) is 2.80. The van der Waals surface area contributed by atoms with Crippen LogP contribution in [0.4, 0.5) is 0 Å². The number of rotatable bonds is 8. The van der Waals surface area contributed by atoms with Crippen molar-refractivity contribution >= 4 is 16.9 Å². The zero-order valence-electron chi connectivity index (χ0n) is 14.0. The Hall–Kier alpha value is -2.01. The number of aliphatic hydroxyl groups is 1. The number of aliphatic hydroxyl groups excluding tert-OH is 1. The van der Waals surface area contributed by atoms with Crippen LogP contribution >= 0.6 is 0 Å². The van der Waals surface area contributed by atoms with Gasteiger partial charge in [-0.15, -0.1) is 0 Å². The van der Waals surface area contributed by atoms with Crippen LogP contribution in [-0.2, 0) is 0 Å². The van der Waals surface area contributed by atoms with E-state index in [9.17, 15) is 4.79 Å². The minimum absolute atomic E-state index is 0.143. The van der Waals surface area contributed by atoms with Crippen LogP contribution in [0.2, 0.25) is 0 Å². The molecule has 126 valence electrons. The number of carbonyl (C=O) groups excluding carboxylic acids is 1. The van der Waals surface area contributed by atoms with Gasteiger partial charge in [-0.05, 0) is 43.9 Å². The highest BCUT2D eigenvalue weighted by Crippen LogP contribution is 2.28. The number of fused-ring (bicyclic) bond motifs is 1. The summed E-state index contributed by atoms with van der Waals surface area (Å²) < 4.78 is 10.9. The number of hydrogen-bond acceptors (Lipinski definition) is 4. The van der Waals surface area contributed by atoms with Gasteiger partial charge in [-0.25, -0.2) is 0 Å². The Labute approximate surface area is 136 Å². The van der Waals surface area contributed by atoms with Crippen LogP contribution < -0.4 is 10.1 Å². The van der Waals surface area contributed by atoms with Crippen LogP contribution in [0.15, 0.2) is 22.6 Å². The Morgan fingerprint density at radius 3 is 2.83 bits per heavy atom. The normalized spacial score (nSPS) is 12.3. The average molecular weight is 319 g/mol. The van der Waals surface area contributed by atoms with Gasteiger partial charge in [0.05, 0.1) is 7.11 Å². The zero-order chi connectivity index (χ0) is 16.8. The summed E-state index contributed by atoms with van der Waals surface area (Å²) in [4.78, 5) is 12.4. The van der Waals surface area contributed by atoms with Crippen LogP contribution in [-0.4, -0.2) is 31.3 Å². The maximum absolute atomic E-state index is 12.4. The van der Waals surface area contributed by atoms with Crippen LogP contribution in [0.1, 0.15) is 42.3 Å². The van der Waals surface area contributed by atoms with Crippen molar-refractivity contribution in [2.45, 2.75) is 33.1 Å². The second-order valence-electron chi connectivity index (χ2n) is 5.80. The summed E-state index contributed by atoms with van der Waals surface area (Å²) in [5, 5.41) is 12.9. The van der Waals surface area contributed by atoms with E-state index in [0.717, 1.165) is 29.5 Å². The second kappa shape index (κ2) is 8.02. The quantitative estimate of drug-likeness (QED) is 0.783. The van der Waals surface area contributed by atoms with Crippen LogP contribution in [0.3, 0.4) is 0 Å². The molecule has 0 bridgehead atoms. The molecule has 0 saturated carbocycles. The maximum atomic E-state index is 12.4.